The van der Waals surface area contributed by atoms with Gasteiger partial charge in [-0.2, -0.15) is 5.10 Å². The molecule has 0 aliphatic carbocycles. The molecular formula is C11H16N4. The maximum atomic E-state index is 5.70. The molecule has 15 heavy (non-hydrogen) atoms. The second-order valence-corrected chi connectivity index (χ2v) is 3.98. The molecule has 2 heterocycles. The lowest BCUT2D eigenvalue weighted by molar-refractivity contribution is 0.646. The monoisotopic (exact) mass is 204 g/mol. The fourth-order valence-corrected chi connectivity index (χ4v) is 1.54. The lowest BCUT2D eigenvalue weighted by Crippen LogP contribution is -2.15. The first-order valence-corrected chi connectivity index (χ1v) is 5.23. The fourth-order valence-electron chi connectivity index (χ4n) is 1.54. The van der Waals surface area contributed by atoms with Gasteiger partial charge >= 0.3 is 0 Å². The number of fused-ring (bicyclic) bond motifs is 1. The van der Waals surface area contributed by atoms with Gasteiger partial charge in [-0.15, -0.1) is 0 Å². The van der Waals surface area contributed by atoms with Crippen molar-refractivity contribution in [1.82, 2.24) is 14.6 Å². The predicted octanol–water partition coefficient (Wildman–Crippen LogP) is 1.32. The van der Waals surface area contributed by atoms with E-state index in [-0.39, 0.29) is 6.04 Å². The van der Waals surface area contributed by atoms with E-state index in [2.05, 4.69) is 10.1 Å². The van der Waals surface area contributed by atoms with Crippen LogP contribution in [0.4, 0.5) is 0 Å². The molecule has 0 saturated heterocycles. The van der Waals surface area contributed by atoms with Gasteiger partial charge in [0.15, 0.2) is 11.5 Å². The normalized spacial score (nSPS) is 13.3. The summed E-state index contributed by atoms with van der Waals surface area (Å²) in [6.07, 6.45) is 1.77. The van der Waals surface area contributed by atoms with Crippen LogP contribution in [0.15, 0.2) is 18.2 Å². The maximum Gasteiger partial charge on any atom is 0.155 e. The van der Waals surface area contributed by atoms with Crippen molar-refractivity contribution in [2.45, 2.75) is 32.7 Å². The summed E-state index contributed by atoms with van der Waals surface area (Å²) in [7, 11) is 0. The van der Waals surface area contributed by atoms with Crippen molar-refractivity contribution in [2.24, 2.45) is 5.73 Å². The van der Waals surface area contributed by atoms with Gasteiger partial charge in [0.1, 0.15) is 0 Å². The van der Waals surface area contributed by atoms with Crippen LogP contribution in [0.1, 0.15) is 24.9 Å². The minimum absolute atomic E-state index is 0.206. The number of pyridine rings is 1. The summed E-state index contributed by atoms with van der Waals surface area (Å²) in [6.45, 7) is 4.03. The van der Waals surface area contributed by atoms with E-state index in [1.54, 1.807) is 0 Å². The van der Waals surface area contributed by atoms with Crippen LogP contribution in [-0.4, -0.2) is 20.6 Å². The van der Waals surface area contributed by atoms with Crippen molar-refractivity contribution in [1.29, 1.82) is 0 Å². The highest BCUT2D eigenvalue weighted by Crippen LogP contribution is 2.06. The predicted molar refractivity (Wildman–Crippen MR) is 59.7 cm³/mol. The van der Waals surface area contributed by atoms with Gasteiger partial charge in [0.25, 0.3) is 0 Å². The second kappa shape index (κ2) is 3.98. The molecule has 2 aromatic heterocycles. The Bertz CT molecular complexity index is 459. The Hall–Kier alpha value is -1.42. The third kappa shape index (κ3) is 2.15. The molecule has 0 amide bonds. The van der Waals surface area contributed by atoms with E-state index in [4.69, 9.17) is 5.73 Å². The van der Waals surface area contributed by atoms with Crippen LogP contribution in [0.2, 0.25) is 0 Å². The zero-order valence-corrected chi connectivity index (χ0v) is 9.14. The summed E-state index contributed by atoms with van der Waals surface area (Å²) in [4.78, 5) is 4.44. The summed E-state index contributed by atoms with van der Waals surface area (Å²) >= 11 is 0. The smallest absolute Gasteiger partial charge is 0.155 e. The molecule has 2 rings (SSSR count). The average Bonchev–Trinajstić information content (AvgIpc) is 2.59. The number of nitrogens with zero attached hydrogens (tertiary/aromatic N) is 3. The number of aromatic nitrogens is 3. The molecule has 0 bridgehead atoms. The van der Waals surface area contributed by atoms with E-state index in [9.17, 15) is 0 Å². The Balaban J connectivity index is 2.27. The molecule has 0 aromatic carbocycles. The first kappa shape index (κ1) is 10.1. The SMILES string of the molecule is Cc1cccc2nc(CCC(C)N)nn12. The minimum atomic E-state index is 0.206. The van der Waals surface area contributed by atoms with Crippen LogP contribution in [0, 0.1) is 6.92 Å². The molecule has 0 fully saturated rings. The number of hydrogen-bond donors (Lipinski definition) is 1. The highest BCUT2D eigenvalue weighted by atomic mass is 15.3. The number of hydrogen-bond acceptors (Lipinski definition) is 3. The van der Waals surface area contributed by atoms with Crippen molar-refractivity contribution < 1.29 is 0 Å². The van der Waals surface area contributed by atoms with Gasteiger partial charge in [-0.05, 0) is 32.4 Å². The summed E-state index contributed by atoms with van der Waals surface area (Å²) in [5.41, 5.74) is 7.72. The standard InChI is InChI=1S/C11H16N4/c1-8(12)6-7-10-13-11-5-3-4-9(2)15(11)14-10/h3-5,8H,6-7,12H2,1-2H3. The van der Waals surface area contributed by atoms with Crippen molar-refractivity contribution in [3.05, 3.63) is 29.7 Å². The van der Waals surface area contributed by atoms with Crippen LogP contribution in [-0.2, 0) is 6.42 Å². The molecular weight excluding hydrogens is 188 g/mol. The van der Waals surface area contributed by atoms with E-state index in [1.165, 1.54) is 0 Å². The molecule has 80 valence electrons. The molecule has 0 aliphatic heterocycles. The largest absolute Gasteiger partial charge is 0.328 e. The van der Waals surface area contributed by atoms with E-state index in [0.29, 0.717) is 0 Å². The van der Waals surface area contributed by atoms with Gasteiger partial charge in [0.2, 0.25) is 0 Å². The van der Waals surface area contributed by atoms with E-state index in [0.717, 1.165) is 30.0 Å². The highest BCUT2D eigenvalue weighted by Gasteiger charge is 2.05. The summed E-state index contributed by atoms with van der Waals surface area (Å²) in [5, 5.41) is 4.43. The molecule has 0 radical (unpaired) electrons. The van der Waals surface area contributed by atoms with Gasteiger partial charge in [-0.3, -0.25) is 0 Å². The molecule has 0 aliphatic rings. The Morgan fingerprint density at radius 2 is 2.27 bits per heavy atom. The molecule has 1 unspecified atom stereocenters. The molecule has 1 atom stereocenters. The molecule has 4 heteroatoms. The molecule has 0 spiro atoms. The van der Waals surface area contributed by atoms with Crippen molar-refractivity contribution in [3.63, 3.8) is 0 Å². The quantitative estimate of drug-likeness (QED) is 0.820. The first-order chi connectivity index (χ1) is 7.16. The molecule has 0 saturated carbocycles. The zero-order valence-electron chi connectivity index (χ0n) is 9.14. The fraction of sp³-hybridized carbons (Fsp3) is 0.455. The van der Waals surface area contributed by atoms with Crippen LogP contribution >= 0.6 is 0 Å². The topological polar surface area (TPSA) is 56.2 Å². The minimum Gasteiger partial charge on any atom is -0.328 e. The van der Waals surface area contributed by atoms with Crippen LogP contribution in [0.5, 0.6) is 0 Å². The van der Waals surface area contributed by atoms with Crippen LogP contribution in [0.3, 0.4) is 0 Å². The van der Waals surface area contributed by atoms with Gasteiger partial charge in [-0.25, -0.2) is 9.50 Å². The molecule has 4 nitrogen and oxygen atoms in total. The van der Waals surface area contributed by atoms with Crippen LogP contribution in [0.25, 0.3) is 5.65 Å². The van der Waals surface area contributed by atoms with Crippen molar-refractivity contribution in [2.75, 3.05) is 0 Å². The van der Waals surface area contributed by atoms with E-state index >= 15 is 0 Å². The Morgan fingerprint density at radius 1 is 1.47 bits per heavy atom. The first-order valence-electron chi connectivity index (χ1n) is 5.23. The van der Waals surface area contributed by atoms with E-state index in [1.807, 2.05) is 36.6 Å². The third-order valence-corrected chi connectivity index (χ3v) is 2.42. The lowest BCUT2D eigenvalue weighted by Gasteiger charge is -1.99. The Morgan fingerprint density at radius 3 is 2.93 bits per heavy atom. The van der Waals surface area contributed by atoms with Gasteiger partial charge in [0.05, 0.1) is 0 Å². The van der Waals surface area contributed by atoms with E-state index < -0.39 is 0 Å². The van der Waals surface area contributed by atoms with Crippen LogP contribution < -0.4 is 5.73 Å². The lowest BCUT2D eigenvalue weighted by atomic mass is 10.2. The van der Waals surface area contributed by atoms with Gasteiger partial charge in [0, 0.05) is 18.2 Å². The van der Waals surface area contributed by atoms with Gasteiger partial charge < -0.3 is 5.73 Å². The third-order valence-electron chi connectivity index (χ3n) is 2.42. The summed E-state index contributed by atoms with van der Waals surface area (Å²) < 4.78 is 1.87. The Kier molecular flexibility index (Phi) is 2.68. The van der Waals surface area contributed by atoms with Gasteiger partial charge in [-0.1, -0.05) is 6.07 Å². The summed E-state index contributed by atoms with van der Waals surface area (Å²) in [5.74, 6) is 0.876. The Labute approximate surface area is 89.1 Å². The number of aryl methyl sites for hydroxylation is 2. The second-order valence-electron chi connectivity index (χ2n) is 3.98. The van der Waals surface area contributed by atoms with Crippen molar-refractivity contribution in [3.8, 4) is 0 Å². The van der Waals surface area contributed by atoms with Crippen molar-refractivity contribution >= 4 is 5.65 Å². The summed E-state index contributed by atoms with van der Waals surface area (Å²) in [6, 6.07) is 6.19. The zero-order chi connectivity index (χ0) is 10.8. The molecule has 2 aromatic rings. The molecule has 2 N–H and O–H groups in total. The number of nitrogens with two attached hydrogens (primary N) is 1. The number of rotatable bonds is 3. The average molecular weight is 204 g/mol. The maximum absolute atomic E-state index is 5.70. The highest BCUT2D eigenvalue weighted by molar-refractivity contribution is 5.38.